The molecule has 0 unspecified atom stereocenters. The molecular formula is C34H42ClN3O6. The van der Waals surface area contributed by atoms with Crippen molar-refractivity contribution in [3.8, 4) is 5.75 Å². The third-order valence-electron chi connectivity index (χ3n) is 10.6. The topological polar surface area (TPSA) is 100 Å². The molecule has 1 amide bonds. The molecule has 5 aliphatic rings. The van der Waals surface area contributed by atoms with Crippen LogP contribution in [0, 0.1) is 23.7 Å². The third kappa shape index (κ3) is 5.10. The van der Waals surface area contributed by atoms with Crippen LogP contribution in [0.15, 0.2) is 36.4 Å². The van der Waals surface area contributed by atoms with E-state index in [4.69, 9.17) is 40.6 Å². The lowest BCUT2D eigenvalue weighted by atomic mass is 9.57. The molecule has 9 nitrogen and oxygen atoms in total. The Balaban J connectivity index is 0.986. The van der Waals surface area contributed by atoms with Gasteiger partial charge in [-0.15, -0.1) is 0 Å². The Morgan fingerprint density at radius 1 is 1.05 bits per heavy atom. The van der Waals surface area contributed by atoms with Crippen molar-refractivity contribution in [2.45, 2.75) is 83.1 Å². The van der Waals surface area contributed by atoms with E-state index in [1.165, 1.54) is 0 Å². The van der Waals surface area contributed by atoms with Crippen LogP contribution in [0.3, 0.4) is 0 Å². The molecule has 1 aliphatic carbocycles. The number of nitrogens with zero attached hydrogens (tertiary/aromatic N) is 1. The average molecular weight is 624 g/mol. The number of ether oxygens (including phenoxy) is 3. The molecule has 1 aromatic heterocycles. The fourth-order valence-corrected chi connectivity index (χ4v) is 8.38. The molecule has 5 fully saturated rings. The van der Waals surface area contributed by atoms with Gasteiger partial charge in [-0.1, -0.05) is 25.4 Å². The number of aromatic nitrogens is 1. The molecule has 4 aliphatic heterocycles. The van der Waals surface area contributed by atoms with Crippen LogP contribution in [0.5, 0.6) is 5.75 Å². The van der Waals surface area contributed by atoms with Gasteiger partial charge in [0.25, 0.3) is 0 Å². The maximum Gasteiger partial charge on any atom is 0.222 e. The van der Waals surface area contributed by atoms with E-state index in [-0.39, 0.29) is 23.8 Å². The quantitative estimate of drug-likeness (QED) is 0.164. The van der Waals surface area contributed by atoms with Gasteiger partial charge in [0.05, 0.1) is 36.4 Å². The fourth-order valence-electron chi connectivity index (χ4n) is 8.21. The minimum absolute atomic E-state index is 0.0140. The van der Waals surface area contributed by atoms with Crippen molar-refractivity contribution in [3.05, 3.63) is 41.4 Å². The number of amides is 1. The highest BCUT2D eigenvalue weighted by molar-refractivity contribution is 6.31. The molecule has 1 spiro atoms. The van der Waals surface area contributed by atoms with Gasteiger partial charge in [-0.25, -0.2) is 14.8 Å². The molecule has 5 heterocycles. The van der Waals surface area contributed by atoms with E-state index in [1.807, 2.05) is 43.3 Å². The second-order valence-corrected chi connectivity index (χ2v) is 13.7. The Morgan fingerprint density at radius 2 is 1.91 bits per heavy atom. The Morgan fingerprint density at radius 3 is 2.75 bits per heavy atom. The van der Waals surface area contributed by atoms with Crippen LogP contribution in [-0.4, -0.2) is 54.9 Å². The lowest BCUT2D eigenvalue weighted by Gasteiger charge is -2.60. The van der Waals surface area contributed by atoms with Gasteiger partial charge in [0.2, 0.25) is 11.7 Å². The molecular weight excluding hydrogens is 582 g/mol. The largest absolute Gasteiger partial charge is 0.497 e. The molecule has 10 heteroatoms. The first kappa shape index (κ1) is 30.0. The van der Waals surface area contributed by atoms with E-state index < -0.39 is 17.7 Å². The molecule has 44 heavy (non-hydrogen) atoms. The number of nitrogens with one attached hydrogen (secondary N) is 2. The Labute approximate surface area is 263 Å². The van der Waals surface area contributed by atoms with Crippen molar-refractivity contribution < 1.29 is 28.8 Å². The average Bonchev–Trinajstić information content (AvgIpc) is 3.24. The van der Waals surface area contributed by atoms with Crippen LogP contribution in [0.2, 0.25) is 5.02 Å². The number of carbonyl (C=O) groups excluding carboxylic acids is 1. The van der Waals surface area contributed by atoms with Gasteiger partial charge >= 0.3 is 0 Å². The molecule has 3 aromatic rings. The van der Waals surface area contributed by atoms with E-state index in [2.05, 4.69) is 24.5 Å². The summed E-state index contributed by atoms with van der Waals surface area (Å²) in [5.74, 6) is 1.11. The number of halogens is 1. The van der Waals surface area contributed by atoms with Crippen molar-refractivity contribution in [2.75, 3.05) is 25.5 Å². The van der Waals surface area contributed by atoms with Gasteiger partial charge in [-0.3, -0.25) is 4.79 Å². The number of hydrogen-bond acceptors (Lipinski definition) is 8. The van der Waals surface area contributed by atoms with Gasteiger partial charge in [-0.05, 0) is 86.8 Å². The Kier molecular flexibility index (Phi) is 7.90. The number of hydrogen-bond donors (Lipinski definition) is 2. The summed E-state index contributed by atoms with van der Waals surface area (Å²) in [6.07, 6.45) is 4.19. The summed E-state index contributed by atoms with van der Waals surface area (Å²) >= 11 is 6.27. The number of benzene rings is 2. The summed E-state index contributed by atoms with van der Waals surface area (Å²) in [4.78, 5) is 30.1. The lowest BCUT2D eigenvalue weighted by Crippen LogP contribution is -2.70. The zero-order valence-electron chi connectivity index (χ0n) is 25.9. The number of methoxy groups -OCH3 is 1. The Bertz CT molecular complexity index is 1570. The van der Waals surface area contributed by atoms with Crippen molar-refractivity contribution in [3.63, 3.8) is 0 Å². The monoisotopic (exact) mass is 623 g/mol. The first-order valence-corrected chi connectivity index (χ1v) is 16.4. The van der Waals surface area contributed by atoms with Crippen molar-refractivity contribution in [1.82, 2.24) is 10.3 Å². The number of carbonyl (C=O) groups is 1. The van der Waals surface area contributed by atoms with Crippen LogP contribution in [0.25, 0.3) is 21.8 Å². The normalized spacial score (nSPS) is 34.4. The van der Waals surface area contributed by atoms with Crippen LogP contribution < -0.4 is 15.4 Å². The zero-order chi connectivity index (χ0) is 30.6. The summed E-state index contributed by atoms with van der Waals surface area (Å²) in [6.45, 7) is 7.64. The molecule has 8 rings (SSSR count). The van der Waals surface area contributed by atoms with Crippen molar-refractivity contribution in [2.24, 2.45) is 23.7 Å². The fraction of sp³-hybridized carbons (Fsp3) is 0.588. The standard InChI is InChI=1S/C34H42ClN3O6/c1-19-6-10-26-20(2)29(41-32-34(26)25(19)12-13-33(3,42-32)43-44-34)18-30(39)36-14-5-15-37-31-23-9-7-21(35)16-28(23)38-27-11-8-22(40-4)17-24(27)31/h7-9,11,16-17,19-20,25-26,29,32H,5-6,10,12-15,18H2,1-4H3,(H,36,39)(H,37,38)/t19-,20-,25+,26+,29-,32-,33+,34-/m1/s1. The molecule has 0 radical (unpaired) electrons. The molecule has 236 valence electrons. The summed E-state index contributed by atoms with van der Waals surface area (Å²) in [5.41, 5.74) is 2.05. The van der Waals surface area contributed by atoms with Gasteiger partial charge < -0.3 is 24.8 Å². The molecule has 1 saturated carbocycles. The maximum atomic E-state index is 13.2. The second kappa shape index (κ2) is 11.6. The van der Waals surface area contributed by atoms with E-state index >= 15 is 0 Å². The van der Waals surface area contributed by atoms with Gasteiger partial charge in [0, 0.05) is 41.2 Å². The van der Waals surface area contributed by atoms with E-state index in [0.717, 1.165) is 65.3 Å². The molecule has 4 saturated heterocycles. The predicted molar refractivity (Wildman–Crippen MR) is 168 cm³/mol. The molecule has 2 bridgehead atoms. The minimum atomic E-state index is -0.819. The molecule has 8 atom stereocenters. The van der Waals surface area contributed by atoms with Crippen LogP contribution in [-0.2, 0) is 24.0 Å². The summed E-state index contributed by atoms with van der Waals surface area (Å²) in [6, 6.07) is 11.6. The van der Waals surface area contributed by atoms with Gasteiger partial charge in [0.1, 0.15) is 5.75 Å². The molecule has 2 N–H and O–H groups in total. The number of rotatable bonds is 8. The van der Waals surface area contributed by atoms with Crippen molar-refractivity contribution in [1.29, 1.82) is 0 Å². The third-order valence-corrected chi connectivity index (χ3v) is 10.8. The van der Waals surface area contributed by atoms with Gasteiger partial charge in [0.15, 0.2) is 11.9 Å². The van der Waals surface area contributed by atoms with Gasteiger partial charge in [-0.2, -0.15) is 0 Å². The number of fused-ring (bicyclic) bond motifs is 4. The number of pyridine rings is 1. The van der Waals surface area contributed by atoms with Crippen LogP contribution >= 0.6 is 11.6 Å². The van der Waals surface area contributed by atoms with E-state index in [0.29, 0.717) is 36.4 Å². The number of anilines is 1. The summed E-state index contributed by atoms with van der Waals surface area (Å²) in [5, 5.41) is 9.31. The SMILES string of the molecule is COc1ccc2nc3cc(Cl)ccc3c(NCCCNC(=O)C[C@H]3O[C@@H]4O[C@]5(C)CC[C@H]6[C@H](C)CC[C@@H]([C@H]3C)[C@@]46OO5)c2c1. The van der Waals surface area contributed by atoms with Crippen molar-refractivity contribution >= 4 is 45.0 Å². The van der Waals surface area contributed by atoms with E-state index in [1.54, 1.807) is 7.11 Å². The van der Waals surface area contributed by atoms with Crippen LogP contribution in [0.1, 0.15) is 59.3 Å². The predicted octanol–water partition coefficient (Wildman–Crippen LogP) is 6.61. The minimum Gasteiger partial charge on any atom is -0.497 e. The van der Waals surface area contributed by atoms with Crippen LogP contribution in [0.4, 0.5) is 5.69 Å². The summed E-state index contributed by atoms with van der Waals surface area (Å²) in [7, 11) is 1.66. The highest BCUT2D eigenvalue weighted by Crippen LogP contribution is 2.60. The maximum absolute atomic E-state index is 13.2. The lowest BCUT2D eigenvalue weighted by molar-refractivity contribution is -0.570. The Hall–Kier alpha value is -2.69. The first-order chi connectivity index (χ1) is 21.2. The first-order valence-electron chi connectivity index (χ1n) is 16.0. The highest BCUT2D eigenvalue weighted by Gasteiger charge is 2.69. The smallest absolute Gasteiger partial charge is 0.222 e. The summed E-state index contributed by atoms with van der Waals surface area (Å²) < 4.78 is 18.5. The van der Waals surface area contributed by atoms with E-state index in [9.17, 15) is 4.79 Å². The highest BCUT2D eigenvalue weighted by atomic mass is 35.5. The zero-order valence-corrected chi connectivity index (χ0v) is 26.6. The second-order valence-electron chi connectivity index (χ2n) is 13.3. The molecule has 2 aromatic carbocycles.